The Balaban J connectivity index is 1.70. The first-order valence-electron chi connectivity index (χ1n) is 8.91. The Morgan fingerprint density at radius 3 is 2.63 bits per heavy atom. The highest BCUT2D eigenvalue weighted by atomic mass is 16.5. The summed E-state index contributed by atoms with van der Waals surface area (Å²) in [5, 5.41) is 7.56. The number of para-hydroxylation sites is 1. The van der Waals surface area contributed by atoms with Crippen LogP contribution in [-0.2, 0) is 12.8 Å². The molecule has 0 aliphatic heterocycles. The van der Waals surface area contributed by atoms with Crippen molar-refractivity contribution >= 4 is 11.6 Å². The second kappa shape index (κ2) is 7.15. The molecule has 3 aromatic rings. The van der Waals surface area contributed by atoms with Gasteiger partial charge in [-0.15, -0.1) is 0 Å². The van der Waals surface area contributed by atoms with Crippen molar-refractivity contribution in [2.24, 2.45) is 0 Å². The van der Waals surface area contributed by atoms with Crippen molar-refractivity contribution in [2.75, 3.05) is 19.5 Å². The molecule has 0 saturated carbocycles. The van der Waals surface area contributed by atoms with Crippen LogP contribution in [0.3, 0.4) is 0 Å². The maximum absolute atomic E-state index is 13.0. The van der Waals surface area contributed by atoms with E-state index in [2.05, 4.69) is 10.4 Å². The second-order valence-corrected chi connectivity index (χ2v) is 6.40. The third-order valence-corrected chi connectivity index (χ3v) is 4.80. The van der Waals surface area contributed by atoms with Crippen molar-refractivity contribution in [3.05, 3.63) is 65.5 Å². The van der Waals surface area contributed by atoms with Crippen molar-refractivity contribution in [3.63, 3.8) is 0 Å². The minimum atomic E-state index is -0.241. The van der Waals surface area contributed by atoms with E-state index in [0.717, 1.165) is 36.2 Å². The van der Waals surface area contributed by atoms with Gasteiger partial charge in [0, 0.05) is 17.3 Å². The summed E-state index contributed by atoms with van der Waals surface area (Å²) in [4.78, 5) is 13.0. The zero-order valence-corrected chi connectivity index (χ0v) is 15.4. The molecule has 0 fully saturated rings. The quantitative estimate of drug-likeness (QED) is 0.752. The van der Waals surface area contributed by atoms with Crippen molar-refractivity contribution < 1.29 is 14.3 Å². The number of ether oxygens (including phenoxy) is 2. The van der Waals surface area contributed by atoms with E-state index in [9.17, 15) is 4.79 Å². The van der Waals surface area contributed by atoms with Crippen LogP contribution in [0.5, 0.6) is 11.5 Å². The SMILES string of the molecule is COc1ccc(OC)c(NC(=O)c2nn(-c3ccccc3)c3c2CCC3)c1. The number of rotatable bonds is 5. The molecule has 2 aromatic carbocycles. The van der Waals surface area contributed by atoms with Crippen molar-refractivity contribution in [1.82, 2.24) is 9.78 Å². The lowest BCUT2D eigenvalue weighted by atomic mass is 10.2. The van der Waals surface area contributed by atoms with Gasteiger partial charge in [0.2, 0.25) is 0 Å². The van der Waals surface area contributed by atoms with E-state index < -0.39 is 0 Å². The van der Waals surface area contributed by atoms with Gasteiger partial charge in [-0.25, -0.2) is 4.68 Å². The predicted octanol–water partition coefficient (Wildman–Crippen LogP) is 3.63. The Labute approximate surface area is 157 Å². The minimum absolute atomic E-state index is 0.241. The third-order valence-electron chi connectivity index (χ3n) is 4.80. The number of benzene rings is 2. The number of carbonyl (C=O) groups excluding carboxylic acids is 1. The van der Waals surface area contributed by atoms with Crippen molar-refractivity contribution in [2.45, 2.75) is 19.3 Å². The highest BCUT2D eigenvalue weighted by Crippen LogP contribution is 2.31. The molecule has 1 heterocycles. The zero-order valence-electron chi connectivity index (χ0n) is 15.4. The van der Waals surface area contributed by atoms with Gasteiger partial charge in [-0.1, -0.05) is 18.2 Å². The smallest absolute Gasteiger partial charge is 0.276 e. The number of hydrogen-bond donors (Lipinski definition) is 1. The lowest BCUT2D eigenvalue weighted by molar-refractivity contribution is 0.102. The van der Waals surface area contributed by atoms with E-state index in [0.29, 0.717) is 22.9 Å². The summed E-state index contributed by atoms with van der Waals surface area (Å²) in [6.45, 7) is 0. The molecule has 0 radical (unpaired) electrons. The lowest BCUT2D eigenvalue weighted by Gasteiger charge is -2.11. The van der Waals surface area contributed by atoms with Crippen molar-refractivity contribution in [1.29, 1.82) is 0 Å². The van der Waals surface area contributed by atoms with E-state index in [1.54, 1.807) is 32.4 Å². The molecule has 1 aromatic heterocycles. The third kappa shape index (κ3) is 3.14. The van der Waals surface area contributed by atoms with E-state index in [-0.39, 0.29) is 5.91 Å². The van der Waals surface area contributed by atoms with Gasteiger partial charge >= 0.3 is 0 Å². The van der Waals surface area contributed by atoms with Crippen molar-refractivity contribution in [3.8, 4) is 17.2 Å². The molecule has 6 heteroatoms. The van der Waals surface area contributed by atoms with Crippen LogP contribution >= 0.6 is 0 Å². The molecule has 27 heavy (non-hydrogen) atoms. The maximum Gasteiger partial charge on any atom is 0.276 e. The summed E-state index contributed by atoms with van der Waals surface area (Å²) in [6, 6.07) is 15.2. The molecule has 138 valence electrons. The number of anilines is 1. The summed E-state index contributed by atoms with van der Waals surface area (Å²) >= 11 is 0. The fraction of sp³-hybridized carbons (Fsp3) is 0.238. The standard InChI is InChI=1S/C21H21N3O3/c1-26-15-11-12-19(27-2)17(13-15)22-21(25)20-16-9-6-10-18(16)24(23-20)14-7-4-3-5-8-14/h3-5,7-8,11-13H,6,9-10H2,1-2H3,(H,22,25). The molecule has 0 saturated heterocycles. The number of nitrogens with zero attached hydrogens (tertiary/aromatic N) is 2. The fourth-order valence-corrected chi connectivity index (χ4v) is 3.50. The van der Waals surface area contributed by atoms with Crippen LogP contribution in [0.25, 0.3) is 5.69 Å². The second-order valence-electron chi connectivity index (χ2n) is 6.40. The predicted molar refractivity (Wildman–Crippen MR) is 103 cm³/mol. The van der Waals surface area contributed by atoms with E-state index >= 15 is 0 Å². The van der Waals surface area contributed by atoms with Gasteiger partial charge < -0.3 is 14.8 Å². The molecular weight excluding hydrogens is 342 g/mol. The number of fused-ring (bicyclic) bond motifs is 1. The minimum Gasteiger partial charge on any atom is -0.497 e. The number of aromatic nitrogens is 2. The first-order valence-corrected chi connectivity index (χ1v) is 8.91. The topological polar surface area (TPSA) is 65.4 Å². The first kappa shape index (κ1) is 17.1. The van der Waals surface area contributed by atoms with Crippen LogP contribution < -0.4 is 14.8 Å². The normalized spacial score (nSPS) is 12.5. The van der Waals surface area contributed by atoms with Crippen LogP contribution in [0, 0.1) is 0 Å². The monoisotopic (exact) mass is 363 g/mol. The molecule has 0 unspecified atom stereocenters. The summed E-state index contributed by atoms with van der Waals surface area (Å²) in [7, 11) is 3.15. The first-order chi connectivity index (χ1) is 13.2. The fourth-order valence-electron chi connectivity index (χ4n) is 3.50. The summed E-state index contributed by atoms with van der Waals surface area (Å²) < 4.78 is 12.5. The van der Waals surface area contributed by atoms with Gasteiger partial charge in [0.05, 0.1) is 25.6 Å². The van der Waals surface area contributed by atoms with Gasteiger partial charge in [0.25, 0.3) is 5.91 Å². The molecule has 1 aliphatic carbocycles. The highest BCUT2D eigenvalue weighted by molar-refractivity contribution is 6.05. The van der Waals surface area contributed by atoms with Gasteiger partial charge in [-0.05, 0) is 43.5 Å². The molecule has 0 atom stereocenters. The maximum atomic E-state index is 13.0. The average molecular weight is 363 g/mol. The number of nitrogens with one attached hydrogen (secondary N) is 1. The Morgan fingerprint density at radius 2 is 1.89 bits per heavy atom. The van der Waals surface area contributed by atoms with Gasteiger partial charge in [0.1, 0.15) is 11.5 Å². The Bertz CT molecular complexity index is 980. The summed E-state index contributed by atoms with van der Waals surface area (Å²) in [6.07, 6.45) is 2.82. The lowest BCUT2D eigenvalue weighted by Crippen LogP contribution is -2.15. The number of methoxy groups -OCH3 is 2. The molecule has 6 nitrogen and oxygen atoms in total. The largest absolute Gasteiger partial charge is 0.497 e. The average Bonchev–Trinajstić information content (AvgIpc) is 3.31. The zero-order chi connectivity index (χ0) is 18.8. The highest BCUT2D eigenvalue weighted by Gasteiger charge is 2.27. The van der Waals surface area contributed by atoms with Gasteiger partial charge in [-0.2, -0.15) is 5.10 Å². The van der Waals surface area contributed by atoms with Crippen LogP contribution in [0.15, 0.2) is 48.5 Å². The van der Waals surface area contributed by atoms with Crippen LogP contribution in [0.2, 0.25) is 0 Å². The molecule has 0 bridgehead atoms. The number of amides is 1. The number of hydrogen-bond acceptors (Lipinski definition) is 4. The number of carbonyl (C=O) groups is 1. The molecule has 1 N–H and O–H groups in total. The van der Waals surface area contributed by atoms with Gasteiger partial charge in [0.15, 0.2) is 5.69 Å². The Morgan fingerprint density at radius 1 is 1.07 bits per heavy atom. The Kier molecular flexibility index (Phi) is 4.54. The van der Waals surface area contributed by atoms with E-state index in [1.165, 1.54) is 0 Å². The summed E-state index contributed by atoms with van der Waals surface area (Å²) in [5.41, 5.74) is 4.13. The van der Waals surface area contributed by atoms with E-state index in [1.807, 2.05) is 35.0 Å². The molecular formula is C21H21N3O3. The van der Waals surface area contributed by atoms with Crippen LogP contribution in [-0.4, -0.2) is 29.9 Å². The van der Waals surface area contributed by atoms with Crippen LogP contribution in [0.1, 0.15) is 28.2 Å². The molecule has 1 amide bonds. The molecule has 1 aliphatic rings. The van der Waals surface area contributed by atoms with E-state index in [4.69, 9.17) is 9.47 Å². The molecule has 4 rings (SSSR count). The Hall–Kier alpha value is -3.28. The molecule has 0 spiro atoms. The summed E-state index contributed by atoms with van der Waals surface area (Å²) in [5.74, 6) is 0.976. The van der Waals surface area contributed by atoms with Gasteiger partial charge in [-0.3, -0.25) is 4.79 Å². The van der Waals surface area contributed by atoms with Crippen LogP contribution in [0.4, 0.5) is 5.69 Å².